The van der Waals surface area contributed by atoms with Crippen LogP contribution in [0.15, 0.2) is 65.1 Å². The molecule has 1 heterocycles. The molecule has 0 saturated heterocycles. The van der Waals surface area contributed by atoms with Crippen LogP contribution in [0.2, 0.25) is 0 Å². The molecule has 0 atom stereocenters. The van der Waals surface area contributed by atoms with Gasteiger partial charge in [-0.1, -0.05) is 24.3 Å². The van der Waals surface area contributed by atoms with Crippen LogP contribution in [0.1, 0.15) is 16.7 Å². The Labute approximate surface area is 140 Å². The van der Waals surface area contributed by atoms with Crippen molar-refractivity contribution in [3.63, 3.8) is 0 Å². The molecular weight excluding hydrogens is 332 g/mol. The van der Waals surface area contributed by atoms with E-state index in [2.05, 4.69) is 0 Å². The number of benzene rings is 3. The lowest BCUT2D eigenvalue weighted by molar-refractivity contribution is -0.137. The van der Waals surface area contributed by atoms with Gasteiger partial charge in [-0.05, 0) is 47.5 Å². The predicted octanol–water partition coefficient (Wildman–Crippen LogP) is 6.34. The molecule has 0 N–H and O–H groups in total. The summed E-state index contributed by atoms with van der Waals surface area (Å²) in [7, 11) is 0. The van der Waals surface area contributed by atoms with Crippen LogP contribution in [0.25, 0.3) is 21.9 Å². The number of hydrogen-bond acceptors (Lipinski definition) is 1. The minimum absolute atomic E-state index is 0.373. The van der Waals surface area contributed by atoms with Gasteiger partial charge in [0.15, 0.2) is 0 Å². The third-order valence-corrected chi connectivity index (χ3v) is 4.00. The molecule has 0 unspecified atom stereocenters. The molecule has 1 aromatic heterocycles. The van der Waals surface area contributed by atoms with Crippen LogP contribution in [0.5, 0.6) is 0 Å². The highest BCUT2D eigenvalue weighted by molar-refractivity contribution is 6.05. The molecule has 4 aromatic rings. The number of fused-ring (bicyclic) bond motifs is 3. The van der Waals surface area contributed by atoms with Gasteiger partial charge in [0.05, 0.1) is 5.56 Å². The third kappa shape index (κ3) is 2.97. The highest BCUT2D eigenvalue weighted by Gasteiger charge is 2.30. The Bertz CT molecular complexity index is 1080. The summed E-state index contributed by atoms with van der Waals surface area (Å²) in [6.07, 6.45) is -2.74. The topological polar surface area (TPSA) is 13.1 Å². The Balaban J connectivity index is 1.75. The first-order valence-corrected chi connectivity index (χ1v) is 7.54. The van der Waals surface area contributed by atoms with Crippen LogP contribution in [0.4, 0.5) is 17.6 Å². The molecule has 125 valence electrons. The number of halogens is 4. The molecule has 0 aliphatic carbocycles. The van der Waals surface area contributed by atoms with E-state index in [4.69, 9.17) is 4.42 Å². The van der Waals surface area contributed by atoms with E-state index in [1.54, 1.807) is 36.8 Å². The minimum atomic E-state index is -4.38. The van der Waals surface area contributed by atoms with Crippen molar-refractivity contribution in [3.8, 4) is 0 Å². The monoisotopic (exact) mass is 343 g/mol. The van der Waals surface area contributed by atoms with Crippen molar-refractivity contribution in [3.05, 3.63) is 89.6 Å². The molecule has 1 nitrogen and oxygen atoms in total. The molecule has 5 heteroatoms. The van der Waals surface area contributed by atoms with E-state index >= 15 is 0 Å². The molecule has 0 amide bonds. The van der Waals surface area contributed by atoms with Gasteiger partial charge in [-0.25, -0.2) is 4.39 Å². The molecule has 3 aromatic carbocycles. The van der Waals surface area contributed by atoms with Crippen LogP contribution >= 0.6 is 0 Å². The quantitative estimate of drug-likeness (QED) is 0.387. The second-order valence-electron chi connectivity index (χ2n) is 5.77. The Hall–Kier alpha value is -2.82. The lowest BCUT2D eigenvalue weighted by atomic mass is 10.0. The van der Waals surface area contributed by atoms with Crippen LogP contribution in [0, 0.1) is 12.2 Å². The van der Waals surface area contributed by atoms with Gasteiger partial charge in [-0.3, -0.25) is 0 Å². The minimum Gasteiger partial charge on any atom is -0.456 e. The zero-order valence-electron chi connectivity index (χ0n) is 12.8. The van der Waals surface area contributed by atoms with E-state index in [-0.39, 0.29) is 5.82 Å². The standard InChI is InChI=1S/C20H11F4O/c21-15-5-7-19-17(11-15)16-10-13(4-6-18(16)25-19)8-12-2-1-3-14(9-12)20(22,23)24/h1-11H. The van der Waals surface area contributed by atoms with Crippen LogP contribution < -0.4 is 0 Å². The normalized spacial score (nSPS) is 12.2. The fourth-order valence-corrected chi connectivity index (χ4v) is 2.85. The zero-order valence-corrected chi connectivity index (χ0v) is 12.8. The van der Waals surface area contributed by atoms with Crippen LogP contribution in [-0.2, 0) is 6.18 Å². The van der Waals surface area contributed by atoms with Crippen molar-refractivity contribution in [1.29, 1.82) is 0 Å². The predicted molar refractivity (Wildman–Crippen MR) is 87.6 cm³/mol. The van der Waals surface area contributed by atoms with Gasteiger partial charge in [0.25, 0.3) is 0 Å². The second-order valence-corrected chi connectivity index (χ2v) is 5.77. The van der Waals surface area contributed by atoms with Crippen LogP contribution in [-0.4, -0.2) is 0 Å². The Morgan fingerprint density at radius 2 is 1.44 bits per heavy atom. The first-order chi connectivity index (χ1) is 11.9. The van der Waals surface area contributed by atoms with E-state index in [1.807, 2.05) is 0 Å². The fraction of sp³-hybridized carbons (Fsp3) is 0.0500. The molecule has 0 aliphatic rings. The second kappa shape index (κ2) is 5.62. The summed E-state index contributed by atoms with van der Waals surface area (Å²) in [6, 6.07) is 14.6. The average Bonchev–Trinajstić information content (AvgIpc) is 2.92. The number of rotatable bonds is 2. The lowest BCUT2D eigenvalue weighted by Crippen LogP contribution is -2.05. The van der Waals surface area contributed by atoms with Gasteiger partial charge in [0.2, 0.25) is 0 Å². The number of furan rings is 1. The molecule has 0 bridgehead atoms. The summed E-state index contributed by atoms with van der Waals surface area (Å²) >= 11 is 0. The largest absolute Gasteiger partial charge is 0.456 e. The van der Waals surface area contributed by atoms with Crippen molar-refractivity contribution < 1.29 is 22.0 Å². The highest BCUT2D eigenvalue weighted by Crippen LogP contribution is 2.32. The maximum Gasteiger partial charge on any atom is 0.416 e. The fourth-order valence-electron chi connectivity index (χ4n) is 2.85. The Kier molecular flexibility index (Phi) is 3.53. The van der Waals surface area contributed by atoms with E-state index in [9.17, 15) is 17.6 Å². The summed E-state index contributed by atoms with van der Waals surface area (Å²) in [5.41, 5.74) is 1.61. The van der Waals surface area contributed by atoms with Gasteiger partial charge in [0.1, 0.15) is 17.0 Å². The smallest absolute Gasteiger partial charge is 0.416 e. The maximum atomic E-state index is 13.5. The zero-order chi connectivity index (χ0) is 17.6. The Morgan fingerprint density at radius 1 is 0.760 bits per heavy atom. The number of alkyl halides is 3. The molecule has 0 aliphatic heterocycles. The first kappa shape index (κ1) is 15.7. The van der Waals surface area contributed by atoms with E-state index in [0.717, 1.165) is 17.5 Å². The van der Waals surface area contributed by atoms with Crippen molar-refractivity contribution in [2.75, 3.05) is 0 Å². The molecule has 1 radical (unpaired) electrons. The van der Waals surface area contributed by atoms with E-state index in [0.29, 0.717) is 27.7 Å². The summed E-state index contributed by atoms with van der Waals surface area (Å²) in [4.78, 5) is 0. The molecule has 0 saturated carbocycles. The summed E-state index contributed by atoms with van der Waals surface area (Å²) < 4.78 is 57.6. The highest BCUT2D eigenvalue weighted by atomic mass is 19.4. The third-order valence-electron chi connectivity index (χ3n) is 4.00. The molecule has 25 heavy (non-hydrogen) atoms. The average molecular weight is 343 g/mol. The molecular formula is C20H11F4O. The van der Waals surface area contributed by atoms with Crippen molar-refractivity contribution in [2.24, 2.45) is 0 Å². The molecule has 0 spiro atoms. The maximum absolute atomic E-state index is 13.5. The van der Waals surface area contributed by atoms with Gasteiger partial charge in [-0.2, -0.15) is 13.2 Å². The number of hydrogen-bond donors (Lipinski definition) is 0. The van der Waals surface area contributed by atoms with Gasteiger partial charge in [-0.15, -0.1) is 0 Å². The van der Waals surface area contributed by atoms with E-state index < -0.39 is 11.7 Å². The SMILES string of the molecule is Fc1ccc2oc3ccc([CH]c4cccc(C(F)(F)F)c4)cc3c2c1. The van der Waals surface area contributed by atoms with Crippen LogP contribution in [0.3, 0.4) is 0 Å². The van der Waals surface area contributed by atoms with Crippen molar-refractivity contribution in [1.82, 2.24) is 0 Å². The summed E-state index contributed by atoms with van der Waals surface area (Å²) in [6.45, 7) is 0. The molecule has 0 fully saturated rings. The first-order valence-electron chi connectivity index (χ1n) is 7.54. The summed E-state index contributed by atoms with van der Waals surface area (Å²) in [5.74, 6) is -0.373. The van der Waals surface area contributed by atoms with Gasteiger partial charge >= 0.3 is 6.18 Å². The van der Waals surface area contributed by atoms with Crippen molar-refractivity contribution >= 4 is 21.9 Å². The van der Waals surface area contributed by atoms with E-state index in [1.165, 1.54) is 18.2 Å². The van der Waals surface area contributed by atoms with Gasteiger partial charge in [0, 0.05) is 17.2 Å². The Morgan fingerprint density at radius 3 is 2.20 bits per heavy atom. The molecule has 4 rings (SSSR count). The van der Waals surface area contributed by atoms with Gasteiger partial charge < -0.3 is 4.42 Å². The lowest BCUT2D eigenvalue weighted by Gasteiger charge is -2.08. The summed E-state index contributed by atoms with van der Waals surface area (Å²) in [5, 5.41) is 1.35. The van der Waals surface area contributed by atoms with Crippen molar-refractivity contribution in [2.45, 2.75) is 6.18 Å².